The highest BCUT2D eigenvalue weighted by Gasteiger charge is 2.48. The molecule has 0 nitrogen and oxygen atoms in total. The average molecular weight is 573 g/mol. The first-order valence-corrected chi connectivity index (χ1v) is 11.1. The van der Waals surface area contributed by atoms with Gasteiger partial charge in [0.2, 0.25) is 0 Å². The summed E-state index contributed by atoms with van der Waals surface area (Å²) in [6.45, 7) is 10.6. The molecular formula is C23H23Br2F6+. The van der Waals surface area contributed by atoms with E-state index >= 15 is 0 Å². The zero-order valence-corrected chi connectivity index (χ0v) is 21.1. The van der Waals surface area contributed by atoms with Crippen molar-refractivity contribution in [2.24, 2.45) is 10.8 Å². The fourth-order valence-corrected chi connectivity index (χ4v) is 4.24. The number of hydrogen-bond acceptors (Lipinski definition) is 0. The van der Waals surface area contributed by atoms with Crippen LogP contribution in [0.5, 0.6) is 0 Å². The number of rotatable bonds is 0. The number of allylic oxidation sites excluding steroid dienone is 9. The van der Waals surface area contributed by atoms with E-state index in [4.69, 9.17) is 0 Å². The molecule has 0 aliphatic heterocycles. The summed E-state index contributed by atoms with van der Waals surface area (Å²) < 4.78 is 83.2. The second-order valence-corrected chi connectivity index (χ2v) is 11.3. The van der Waals surface area contributed by atoms with Crippen LogP contribution >= 0.6 is 31.9 Å². The van der Waals surface area contributed by atoms with Gasteiger partial charge in [-0.05, 0) is 37.8 Å². The smallest absolute Gasteiger partial charge is 0.166 e. The van der Waals surface area contributed by atoms with Gasteiger partial charge in [0.1, 0.15) is 4.83 Å². The first kappa shape index (κ1) is 26.1. The van der Waals surface area contributed by atoms with Gasteiger partial charge >= 0.3 is 12.4 Å². The highest BCUT2D eigenvalue weighted by atomic mass is 79.9. The fraction of sp³-hybridized carbons (Fsp3) is 0.478. The zero-order valence-electron chi connectivity index (χ0n) is 17.9. The maximum Gasteiger partial charge on any atom is 0.456 e. The van der Waals surface area contributed by atoms with Crippen LogP contribution in [0.3, 0.4) is 0 Å². The van der Waals surface area contributed by atoms with Gasteiger partial charge in [-0.1, -0.05) is 42.8 Å². The quantitative estimate of drug-likeness (QED) is 0.117. The highest BCUT2D eigenvalue weighted by Crippen LogP contribution is 2.48. The van der Waals surface area contributed by atoms with Crippen LogP contribution < -0.4 is 0 Å². The minimum absolute atomic E-state index is 0.0339. The molecule has 0 radical (unpaired) electrons. The van der Waals surface area contributed by atoms with Gasteiger partial charge in [0.05, 0.1) is 16.0 Å². The van der Waals surface area contributed by atoms with Crippen molar-refractivity contribution in [1.82, 2.24) is 0 Å². The van der Waals surface area contributed by atoms with Gasteiger partial charge in [0.25, 0.3) is 0 Å². The summed E-state index contributed by atoms with van der Waals surface area (Å²) >= 11 is 6.35. The van der Waals surface area contributed by atoms with Crippen molar-refractivity contribution in [3.8, 4) is 0 Å². The minimum atomic E-state index is -4.77. The maximum atomic E-state index is 13.9. The van der Waals surface area contributed by atoms with E-state index < -0.39 is 50.3 Å². The Labute approximate surface area is 195 Å². The van der Waals surface area contributed by atoms with Crippen molar-refractivity contribution >= 4 is 31.9 Å². The molecule has 0 spiro atoms. The minimum Gasteiger partial charge on any atom is -0.166 e. The van der Waals surface area contributed by atoms with E-state index in [1.165, 1.54) is 6.08 Å². The molecule has 8 heteroatoms. The Kier molecular flexibility index (Phi) is 7.04. The second kappa shape index (κ2) is 8.35. The molecule has 2 aliphatic rings. The third-order valence-electron chi connectivity index (χ3n) is 4.88. The molecule has 1 atom stereocenters. The van der Waals surface area contributed by atoms with E-state index in [-0.39, 0.29) is 4.83 Å². The summed E-state index contributed by atoms with van der Waals surface area (Å²) in [7, 11) is 0. The van der Waals surface area contributed by atoms with Crippen LogP contribution in [-0.4, -0.2) is 17.2 Å². The van der Waals surface area contributed by atoms with Gasteiger partial charge < -0.3 is 0 Å². The third kappa shape index (κ3) is 6.02. The summed E-state index contributed by atoms with van der Waals surface area (Å²) in [5.41, 5.74) is -0.759. The van der Waals surface area contributed by atoms with Gasteiger partial charge in [0, 0.05) is 44.8 Å². The largest absolute Gasteiger partial charge is 0.456 e. The molecule has 0 saturated heterocycles. The van der Waals surface area contributed by atoms with Crippen molar-refractivity contribution in [1.29, 1.82) is 0 Å². The van der Waals surface area contributed by atoms with Crippen LogP contribution in [0.1, 0.15) is 41.5 Å². The molecule has 0 amide bonds. The van der Waals surface area contributed by atoms with Crippen LogP contribution in [0.4, 0.5) is 26.3 Å². The molecule has 1 unspecified atom stereocenters. The van der Waals surface area contributed by atoms with Crippen LogP contribution in [0, 0.1) is 15.7 Å². The zero-order chi connectivity index (χ0) is 24.2. The lowest BCUT2D eigenvalue weighted by atomic mass is 9.79. The Morgan fingerprint density at radius 3 is 1.68 bits per heavy atom. The number of halogens is 8. The predicted molar refractivity (Wildman–Crippen MR) is 119 cm³/mol. The van der Waals surface area contributed by atoms with Crippen molar-refractivity contribution in [3.63, 3.8) is 0 Å². The van der Waals surface area contributed by atoms with Gasteiger partial charge in [-0.3, -0.25) is 0 Å². The SMILES string of the molecule is CC(C)(C)C1=C[C+](Br)C(=C=C2C(C(F)(F)F)=CC(C(C)(C)C)=CC2Br)C(C(F)(F)F)=C1. The van der Waals surface area contributed by atoms with Gasteiger partial charge in [0.15, 0.2) is 11.1 Å². The average Bonchev–Trinajstić information content (AvgIpc) is 2.53. The standard InChI is InChI=1S/C23H23Br2F6/c1-20(2,3)12-7-16(22(26,27)28)14(18(24)9-12)11-15-17(23(29,30)31)8-13(10-19(15)25)21(4,5)6/h7-10,18H,1-6H3/q+1. The predicted octanol–water partition coefficient (Wildman–Crippen LogP) is 9.08. The molecule has 0 aromatic heterocycles. The first-order chi connectivity index (χ1) is 13.7. The fourth-order valence-electron chi connectivity index (χ4n) is 3.03. The number of hydrogen-bond donors (Lipinski definition) is 0. The van der Waals surface area contributed by atoms with Crippen molar-refractivity contribution in [3.05, 3.63) is 68.3 Å². The molecule has 0 aromatic carbocycles. The molecule has 0 saturated carbocycles. The van der Waals surface area contributed by atoms with Crippen molar-refractivity contribution in [2.75, 3.05) is 0 Å². The summed E-state index contributed by atoms with van der Waals surface area (Å²) in [5.74, 6) is 0. The summed E-state index contributed by atoms with van der Waals surface area (Å²) in [6.07, 6.45) is -4.48. The van der Waals surface area contributed by atoms with Crippen molar-refractivity contribution in [2.45, 2.75) is 58.7 Å². The van der Waals surface area contributed by atoms with Crippen molar-refractivity contribution < 1.29 is 26.3 Å². The molecule has 0 heterocycles. The Bertz CT molecular complexity index is 861. The van der Waals surface area contributed by atoms with Gasteiger partial charge in [-0.2, -0.15) is 26.3 Å². The Hall–Kier alpha value is -1.11. The summed E-state index contributed by atoms with van der Waals surface area (Å²) in [6, 6.07) is 0. The number of alkyl halides is 7. The Morgan fingerprint density at radius 2 is 1.26 bits per heavy atom. The molecule has 0 fully saturated rings. The molecular weight excluding hydrogens is 550 g/mol. The lowest BCUT2D eigenvalue weighted by molar-refractivity contribution is -0.0899. The molecule has 0 bridgehead atoms. The third-order valence-corrected chi connectivity index (χ3v) is 6.23. The molecule has 2 aliphatic carbocycles. The van der Waals surface area contributed by atoms with E-state index in [2.05, 4.69) is 37.6 Å². The van der Waals surface area contributed by atoms with Gasteiger partial charge in [-0.25, -0.2) is 0 Å². The highest BCUT2D eigenvalue weighted by molar-refractivity contribution is 9.11. The summed E-state index contributed by atoms with van der Waals surface area (Å²) in [4.78, 5) is -0.912. The molecule has 0 aromatic rings. The normalized spacial score (nSPS) is 21.4. The van der Waals surface area contributed by atoms with E-state index in [1.807, 2.05) is 0 Å². The van der Waals surface area contributed by atoms with Crippen LogP contribution in [0.25, 0.3) is 0 Å². The topological polar surface area (TPSA) is 0 Å². The van der Waals surface area contributed by atoms with Crippen LogP contribution in [0.2, 0.25) is 0 Å². The van der Waals surface area contributed by atoms with E-state index in [9.17, 15) is 26.3 Å². The second-order valence-electron chi connectivity index (χ2n) is 9.50. The summed E-state index contributed by atoms with van der Waals surface area (Å²) in [5, 5.41) is 0. The lowest BCUT2D eigenvalue weighted by Gasteiger charge is -2.28. The van der Waals surface area contributed by atoms with Crippen LogP contribution in [-0.2, 0) is 0 Å². The van der Waals surface area contributed by atoms with E-state index in [1.54, 1.807) is 47.6 Å². The molecule has 2 rings (SSSR count). The monoisotopic (exact) mass is 571 g/mol. The van der Waals surface area contributed by atoms with E-state index in [0.29, 0.717) is 11.1 Å². The Balaban J connectivity index is 2.83. The Morgan fingerprint density at radius 1 is 0.806 bits per heavy atom. The molecule has 170 valence electrons. The lowest BCUT2D eigenvalue weighted by Crippen LogP contribution is -2.25. The molecule has 0 N–H and O–H groups in total. The van der Waals surface area contributed by atoms with E-state index in [0.717, 1.165) is 12.2 Å². The van der Waals surface area contributed by atoms with Gasteiger partial charge in [-0.15, -0.1) is 0 Å². The maximum absolute atomic E-state index is 13.9. The first-order valence-electron chi connectivity index (χ1n) is 9.43. The van der Waals surface area contributed by atoms with Crippen LogP contribution in [0.15, 0.2) is 63.5 Å². The molecule has 31 heavy (non-hydrogen) atoms.